The maximum atomic E-state index is 12.3. The number of amides is 3. The summed E-state index contributed by atoms with van der Waals surface area (Å²) in [5, 5.41) is 11.7. The van der Waals surface area contributed by atoms with Crippen molar-refractivity contribution < 1.29 is 19.5 Å². The number of carbonyl (C=O) groups is 3. The lowest BCUT2D eigenvalue weighted by molar-refractivity contribution is -0.141. The van der Waals surface area contributed by atoms with Gasteiger partial charge in [-0.2, -0.15) is 0 Å². The van der Waals surface area contributed by atoms with E-state index in [-0.39, 0.29) is 24.5 Å². The third-order valence-electron chi connectivity index (χ3n) is 3.43. The summed E-state index contributed by atoms with van der Waals surface area (Å²) in [4.78, 5) is 37.4. The molecule has 0 aliphatic carbocycles. The number of hydrogen-bond acceptors (Lipinski definition) is 3. The second kappa shape index (κ2) is 7.12. The van der Waals surface area contributed by atoms with E-state index in [1.807, 2.05) is 6.92 Å². The van der Waals surface area contributed by atoms with Gasteiger partial charge in [-0.1, -0.05) is 6.92 Å². The zero-order valence-corrected chi connectivity index (χ0v) is 12.3. The van der Waals surface area contributed by atoms with E-state index in [1.165, 1.54) is 11.8 Å². The Kier molecular flexibility index (Phi) is 5.79. The number of rotatable bonds is 5. The Morgan fingerprint density at radius 2 is 2.10 bits per heavy atom. The minimum atomic E-state index is -0.909. The molecule has 1 heterocycles. The van der Waals surface area contributed by atoms with Crippen LogP contribution in [0.3, 0.4) is 0 Å². The Hall–Kier alpha value is -1.79. The summed E-state index contributed by atoms with van der Waals surface area (Å²) in [6.45, 7) is 6.61. The van der Waals surface area contributed by atoms with Gasteiger partial charge in [-0.3, -0.25) is 9.59 Å². The molecule has 2 N–H and O–H groups in total. The number of aliphatic carboxylic acids is 1. The molecule has 20 heavy (non-hydrogen) atoms. The Bertz CT molecular complexity index is 386. The fraction of sp³-hybridized carbons (Fsp3) is 0.769. The van der Waals surface area contributed by atoms with Crippen molar-refractivity contribution in [3.8, 4) is 0 Å². The normalized spacial score (nSPS) is 19.6. The topological polar surface area (TPSA) is 90.0 Å². The number of nitrogens with one attached hydrogen (secondary N) is 1. The van der Waals surface area contributed by atoms with E-state index in [9.17, 15) is 14.4 Å². The molecule has 3 amide bonds. The quantitative estimate of drug-likeness (QED) is 0.763. The van der Waals surface area contributed by atoms with E-state index < -0.39 is 11.9 Å². The lowest BCUT2D eigenvalue weighted by Gasteiger charge is -2.28. The second-order valence-corrected chi connectivity index (χ2v) is 5.19. The van der Waals surface area contributed by atoms with Gasteiger partial charge in [0.2, 0.25) is 5.91 Å². The highest BCUT2D eigenvalue weighted by Gasteiger charge is 2.30. The van der Waals surface area contributed by atoms with Crippen LogP contribution in [0.2, 0.25) is 0 Å². The van der Waals surface area contributed by atoms with Gasteiger partial charge in [0, 0.05) is 39.1 Å². The van der Waals surface area contributed by atoms with E-state index in [1.54, 1.807) is 11.8 Å². The lowest BCUT2D eigenvalue weighted by Crippen LogP contribution is -2.46. The van der Waals surface area contributed by atoms with Crippen LogP contribution in [-0.4, -0.2) is 65.0 Å². The van der Waals surface area contributed by atoms with Crippen molar-refractivity contribution in [3.63, 3.8) is 0 Å². The molecule has 114 valence electrons. The van der Waals surface area contributed by atoms with Gasteiger partial charge >= 0.3 is 12.0 Å². The standard InChI is InChI=1S/C13H23N3O4/c1-4-15(7-9(2)12(18)19)13(20)16-6-5-11(8-16)14-10(3)17/h9,11H,4-8H2,1-3H3,(H,14,17)(H,18,19). The average Bonchev–Trinajstić information content (AvgIpc) is 2.82. The van der Waals surface area contributed by atoms with Gasteiger partial charge < -0.3 is 20.2 Å². The Balaban J connectivity index is 2.55. The predicted octanol–water partition coefficient (Wildman–Crippen LogP) is 0.359. The molecule has 1 aliphatic rings. The lowest BCUT2D eigenvalue weighted by atomic mass is 10.2. The number of urea groups is 1. The van der Waals surface area contributed by atoms with Crippen LogP contribution in [0.15, 0.2) is 0 Å². The maximum Gasteiger partial charge on any atom is 0.320 e. The van der Waals surface area contributed by atoms with Crippen molar-refractivity contribution >= 4 is 17.9 Å². The van der Waals surface area contributed by atoms with Crippen LogP contribution >= 0.6 is 0 Å². The third kappa shape index (κ3) is 4.40. The molecule has 0 radical (unpaired) electrons. The first-order valence-electron chi connectivity index (χ1n) is 6.88. The zero-order chi connectivity index (χ0) is 15.3. The molecule has 0 aromatic rings. The maximum absolute atomic E-state index is 12.3. The fourth-order valence-electron chi connectivity index (χ4n) is 2.29. The van der Waals surface area contributed by atoms with Crippen LogP contribution < -0.4 is 5.32 Å². The second-order valence-electron chi connectivity index (χ2n) is 5.19. The molecule has 0 bridgehead atoms. The number of hydrogen-bond donors (Lipinski definition) is 2. The summed E-state index contributed by atoms with van der Waals surface area (Å²) in [6.07, 6.45) is 0.733. The summed E-state index contributed by atoms with van der Waals surface area (Å²) in [5.41, 5.74) is 0. The van der Waals surface area contributed by atoms with Crippen molar-refractivity contribution in [2.45, 2.75) is 33.2 Å². The fourth-order valence-corrected chi connectivity index (χ4v) is 2.29. The molecule has 7 nitrogen and oxygen atoms in total. The molecule has 0 aromatic heterocycles. The van der Waals surface area contributed by atoms with Gasteiger partial charge in [-0.15, -0.1) is 0 Å². The van der Waals surface area contributed by atoms with Gasteiger partial charge in [-0.05, 0) is 13.3 Å². The van der Waals surface area contributed by atoms with Crippen molar-refractivity contribution in [2.75, 3.05) is 26.2 Å². The van der Waals surface area contributed by atoms with E-state index in [2.05, 4.69) is 5.32 Å². The summed E-state index contributed by atoms with van der Waals surface area (Å²) in [7, 11) is 0. The van der Waals surface area contributed by atoms with Gasteiger partial charge in [0.15, 0.2) is 0 Å². The Morgan fingerprint density at radius 3 is 2.60 bits per heavy atom. The zero-order valence-electron chi connectivity index (χ0n) is 12.3. The van der Waals surface area contributed by atoms with Crippen LogP contribution in [0.4, 0.5) is 4.79 Å². The smallest absolute Gasteiger partial charge is 0.320 e. The largest absolute Gasteiger partial charge is 0.481 e. The van der Waals surface area contributed by atoms with Crippen molar-refractivity contribution in [2.24, 2.45) is 5.92 Å². The van der Waals surface area contributed by atoms with Crippen LogP contribution in [0, 0.1) is 5.92 Å². The highest BCUT2D eigenvalue weighted by Crippen LogP contribution is 2.13. The summed E-state index contributed by atoms with van der Waals surface area (Å²) in [5.74, 6) is -1.60. The molecule has 2 unspecified atom stereocenters. The van der Waals surface area contributed by atoms with Crippen LogP contribution in [0.5, 0.6) is 0 Å². The molecule has 1 rings (SSSR count). The predicted molar refractivity (Wildman–Crippen MR) is 73.2 cm³/mol. The third-order valence-corrected chi connectivity index (χ3v) is 3.43. The molecular weight excluding hydrogens is 262 g/mol. The number of likely N-dealkylation sites (tertiary alicyclic amines) is 1. The first-order chi connectivity index (χ1) is 9.35. The van der Waals surface area contributed by atoms with Gasteiger partial charge in [-0.25, -0.2) is 4.79 Å². The minimum Gasteiger partial charge on any atom is -0.481 e. The van der Waals surface area contributed by atoms with Gasteiger partial charge in [0.25, 0.3) is 0 Å². The monoisotopic (exact) mass is 285 g/mol. The highest BCUT2D eigenvalue weighted by molar-refractivity contribution is 5.77. The van der Waals surface area contributed by atoms with Crippen molar-refractivity contribution in [1.82, 2.24) is 15.1 Å². The van der Waals surface area contributed by atoms with E-state index in [0.29, 0.717) is 19.6 Å². The molecule has 7 heteroatoms. The molecular formula is C13H23N3O4. The van der Waals surface area contributed by atoms with E-state index in [0.717, 1.165) is 6.42 Å². The molecule has 0 saturated carbocycles. The average molecular weight is 285 g/mol. The van der Waals surface area contributed by atoms with Crippen molar-refractivity contribution in [3.05, 3.63) is 0 Å². The number of carboxylic acids is 1. The summed E-state index contributed by atoms with van der Waals surface area (Å²) in [6, 6.07) is -0.166. The molecule has 0 spiro atoms. The minimum absolute atomic E-state index is 0.00736. The Labute approximate surface area is 118 Å². The molecule has 2 atom stereocenters. The highest BCUT2D eigenvalue weighted by atomic mass is 16.4. The number of carbonyl (C=O) groups excluding carboxylic acids is 2. The Morgan fingerprint density at radius 1 is 1.45 bits per heavy atom. The SMILES string of the molecule is CCN(CC(C)C(=O)O)C(=O)N1CCC(NC(C)=O)C1. The molecule has 1 aliphatic heterocycles. The number of carboxylic acid groups (broad SMARTS) is 1. The van der Waals surface area contributed by atoms with Gasteiger partial charge in [0.05, 0.1) is 5.92 Å². The van der Waals surface area contributed by atoms with Crippen molar-refractivity contribution in [1.29, 1.82) is 0 Å². The molecule has 1 saturated heterocycles. The summed E-state index contributed by atoms with van der Waals surface area (Å²) >= 11 is 0. The number of nitrogens with zero attached hydrogens (tertiary/aromatic N) is 2. The summed E-state index contributed by atoms with van der Waals surface area (Å²) < 4.78 is 0. The first-order valence-corrected chi connectivity index (χ1v) is 6.88. The molecule has 0 aromatic carbocycles. The van der Waals surface area contributed by atoms with Crippen LogP contribution in [0.25, 0.3) is 0 Å². The van der Waals surface area contributed by atoms with E-state index in [4.69, 9.17) is 5.11 Å². The van der Waals surface area contributed by atoms with E-state index >= 15 is 0 Å². The van der Waals surface area contributed by atoms with Gasteiger partial charge in [0.1, 0.15) is 0 Å². The molecule has 1 fully saturated rings. The first kappa shape index (κ1) is 16.3. The van der Waals surface area contributed by atoms with Crippen LogP contribution in [0.1, 0.15) is 27.2 Å². The van der Waals surface area contributed by atoms with Crippen LogP contribution in [-0.2, 0) is 9.59 Å².